The van der Waals surface area contributed by atoms with Crippen molar-refractivity contribution in [3.8, 4) is 0 Å². The Balaban J connectivity index is 2.53. The molecule has 0 amide bonds. The van der Waals surface area contributed by atoms with Crippen molar-refractivity contribution >= 4 is 0 Å². The van der Waals surface area contributed by atoms with E-state index >= 15 is 0 Å². The Morgan fingerprint density at radius 3 is 2.75 bits per heavy atom. The molecule has 0 saturated carbocycles. The van der Waals surface area contributed by atoms with Crippen LogP contribution in [0.5, 0.6) is 0 Å². The summed E-state index contributed by atoms with van der Waals surface area (Å²) < 4.78 is 9.67. The molecule has 0 aromatic rings. The van der Waals surface area contributed by atoms with E-state index in [1.807, 2.05) is 0 Å². The van der Waals surface area contributed by atoms with Crippen molar-refractivity contribution in [1.82, 2.24) is 0 Å². The molecule has 0 spiro atoms. The first-order valence-corrected chi connectivity index (χ1v) is 3.41. The third-order valence-corrected chi connectivity index (χ3v) is 0.969. The summed E-state index contributed by atoms with van der Waals surface area (Å²) in [6.45, 7) is 3.39. The fourth-order valence-corrected chi connectivity index (χ4v) is 0.477. The van der Waals surface area contributed by atoms with Crippen LogP contribution in [0, 0.1) is 0 Å². The number of ether oxygens (including phenoxy) is 1. The molecule has 0 rings (SSSR count). The zero-order chi connectivity index (χ0) is 6.24. The van der Waals surface area contributed by atoms with E-state index in [1.165, 1.54) is 6.42 Å². The zero-order valence-electron chi connectivity index (χ0n) is 5.14. The normalized spacial score (nSPS) is 9.50. The van der Waals surface area contributed by atoms with Crippen LogP contribution in [0.15, 0.2) is 0 Å². The Bertz CT molecular complexity index is 35.4. The van der Waals surface area contributed by atoms with Crippen LogP contribution in [0.1, 0.15) is 19.8 Å². The summed E-state index contributed by atoms with van der Waals surface area (Å²) in [6.07, 6.45) is 2.31. The average Bonchev–Trinajstić information content (AvgIpc) is 1.81. The van der Waals surface area contributed by atoms with Gasteiger partial charge in [0, 0.05) is 0 Å². The van der Waals surface area contributed by atoms with Crippen molar-refractivity contribution in [2.75, 3.05) is 13.4 Å². The first kappa shape index (κ1) is 8.63. The summed E-state index contributed by atoms with van der Waals surface area (Å²) in [7, 11) is 0. The van der Waals surface area contributed by atoms with E-state index < -0.39 is 0 Å². The molecule has 0 aliphatic carbocycles. The van der Waals surface area contributed by atoms with Crippen LogP contribution >= 0.6 is 0 Å². The van der Waals surface area contributed by atoms with E-state index in [-0.39, 0.29) is 0 Å². The van der Waals surface area contributed by atoms with Crippen molar-refractivity contribution in [2.24, 2.45) is 0 Å². The monoisotopic (exact) mass is 151 g/mol. The summed E-state index contributed by atoms with van der Waals surface area (Å²) in [5, 5.41) is 0. The molecule has 0 bridgehead atoms. The first-order valence-electron chi connectivity index (χ1n) is 2.78. The Morgan fingerprint density at radius 2 is 2.25 bits per heavy atom. The van der Waals surface area contributed by atoms with Crippen LogP contribution in [0.3, 0.4) is 0 Å². The van der Waals surface area contributed by atoms with Crippen LogP contribution in [-0.2, 0) is 28.9 Å². The van der Waals surface area contributed by atoms with Crippen molar-refractivity contribution in [1.29, 1.82) is 0 Å². The molecule has 0 aliphatic heterocycles. The standard InChI is InChI=1S/C5H11O2.Ti/c1-2-3-4-7-5-6;/h2-5H2,1H3;/q-1;+1. The van der Waals surface area contributed by atoms with Crippen LogP contribution in [-0.4, -0.2) is 13.4 Å². The molecule has 0 atom stereocenters. The summed E-state index contributed by atoms with van der Waals surface area (Å²) in [6, 6.07) is 0. The van der Waals surface area contributed by atoms with Crippen LogP contribution < -0.4 is 0 Å². The fraction of sp³-hybridized carbons (Fsp3) is 1.00. The minimum absolute atomic E-state index is 0.431. The van der Waals surface area contributed by atoms with Gasteiger partial charge < -0.3 is 0 Å². The molecular weight excluding hydrogens is 140 g/mol. The molecule has 2 nitrogen and oxygen atoms in total. The Labute approximate surface area is 62.4 Å². The van der Waals surface area contributed by atoms with E-state index in [1.54, 1.807) is 20.8 Å². The Hall–Kier alpha value is 0.634. The molecule has 47 valence electrons. The predicted octanol–water partition coefficient (Wildman–Crippen LogP) is 1.24. The number of hydrogen-bond acceptors (Lipinski definition) is 2. The molecule has 0 unspecified atom stereocenters. The Kier molecular flexibility index (Phi) is 8.24. The minimum atomic E-state index is 0.431. The molecule has 0 radical (unpaired) electrons. The molecular formula is C5H11O2Ti. The maximum absolute atomic E-state index is 5.00. The van der Waals surface area contributed by atoms with E-state index in [9.17, 15) is 0 Å². The van der Waals surface area contributed by atoms with Gasteiger partial charge in [0.25, 0.3) is 0 Å². The SMILES string of the molecule is CCCCOC[O][Ti]. The molecule has 0 aromatic heterocycles. The Morgan fingerprint density at radius 1 is 1.50 bits per heavy atom. The van der Waals surface area contributed by atoms with E-state index in [4.69, 9.17) is 4.74 Å². The summed E-state index contributed by atoms with van der Waals surface area (Å²) in [5.74, 6) is 0. The van der Waals surface area contributed by atoms with Crippen molar-refractivity contribution in [3.05, 3.63) is 0 Å². The van der Waals surface area contributed by atoms with Gasteiger partial charge in [-0.3, -0.25) is 0 Å². The topological polar surface area (TPSA) is 18.5 Å². The van der Waals surface area contributed by atoms with Crippen LogP contribution in [0.2, 0.25) is 0 Å². The molecule has 8 heavy (non-hydrogen) atoms. The summed E-state index contributed by atoms with van der Waals surface area (Å²) in [4.78, 5) is 0. The quantitative estimate of drug-likeness (QED) is 0.334. The molecule has 3 heteroatoms. The van der Waals surface area contributed by atoms with Crippen LogP contribution in [0.25, 0.3) is 0 Å². The van der Waals surface area contributed by atoms with Gasteiger partial charge in [-0.15, -0.1) is 0 Å². The number of rotatable bonds is 5. The number of unbranched alkanes of at least 4 members (excludes halogenated alkanes) is 1. The maximum atomic E-state index is 5.00. The zero-order valence-corrected chi connectivity index (χ0v) is 6.71. The molecule has 0 heterocycles. The molecule has 0 aliphatic rings. The predicted molar refractivity (Wildman–Crippen MR) is 26.8 cm³/mol. The number of hydrogen-bond donors (Lipinski definition) is 0. The van der Waals surface area contributed by atoms with Gasteiger partial charge in [-0.25, -0.2) is 0 Å². The summed E-state index contributed by atoms with van der Waals surface area (Å²) >= 11 is 1.63. The van der Waals surface area contributed by atoms with Gasteiger partial charge in [0.05, 0.1) is 0 Å². The molecule has 0 fully saturated rings. The van der Waals surface area contributed by atoms with Gasteiger partial charge in [-0.1, -0.05) is 0 Å². The van der Waals surface area contributed by atoms with Gasteiger partial charge in [0.1, 0.15) is 0 Å². The third kappa shape index (κ3) is 6.63. The average molecular weight is 151 g/mol. The molecule has 0 N–H and O–H groups in total. The molecule has 0 aromatic carbocycles. The first-order chi connectivity index (χ1) is 3.91. The second-order valence-electron chi connectivity index (χ2n) is 1.52. The van der Waals surface area contributed by atoms with E-state index in [0.29, 0.717) is 6.79 Å². The van der Waals surface area contributed by atoms with Gasteiger partial charge in [-0.2, -0.15) is 0 Å². The van der Waals surface area contributed by atoms with Gasteiger partial charge in [0.15, 0.2) is 0 Å². The van der Waals surface area contributed by atoms with Crippen LogP contribution in [0.4, 0.5) is 0 Å². The van der Waals surface area contributed by atoms with Crippen molar-refractivity contribution < 1.29 is 28.9 Å². The second-order valence-corrected chi connectivity index (χ2v) is 1.97. The fourth-order valence-electron chi connectivity index (χ4n) is 0.347. The third-order valence-electron chi connectivity index (χ3n) is 0.784. The van der Waals surface area contributed by atoms with Gasteiger partial charge >= 0.3 is 62.0 Å². The van der Waals surface area contributed by atoms with Gasteiger partial charge in [-0.05, 0) is 0 Å². The second kappa shape index (κ2) is 7.63. The van der Waals surface area contributed by atoms with E-state index in [2.05, 4.69) is 10.2 Å². The van der Waals surface area contributed by atoms with E-state index in [0.717, 1.165) is 13.0 Å². The molecule has 0 saturated heterocycles. The van der Waals surface area contributed by atoms with Crippen molar-refractivity contribution in [2.45, 2.75) is 19.8 Å². The summed E-state index contributed by atoms with van der Waals surface area (Å²) in [5.41, 5.74) is 0. The van der Waals surface area contributed by atoms with Crippen molar-refractivity contribution in [3.63, 3.8) is 0 Å². The van der Waals surface area contributed by atoms with Gasteiger partial charge in [0.2, 0.25) is 0 Å².